The van der Waals surface area contributed by atoms with Gasteiger partial charge in [-0.05, 0) is 36.4 Å². The SMILES string of the molecule is CC(=O)N(CC(=O)Oc1ccc(O)cc1)c1ccccc1. The summed E-state index contributed by atoms with van der Waals surface area (Å²) in [4.78, 5) is 24.9. The van der Waals surface area contributed by atoms with Gasteiger partial charge in [-0.25, -0.2) is 4.79 Å². The van der Waals surface area contributed by atoms with Crippen molar-refractivity contribution in [3.05, 3.63) is 54.6 Å². The first-order valence-corrected chi connectivity index (χ1v) is 6.39. The van der Waals surface area contributed by atoms with Crippen molar-refractivity contribution in [3.8, 4) is 11.5 Å². The molecule has 0 heterocycles. The molecular formula is C16H15NO4. The Morgan fingerprint density at radius 2 is 1.67 bits per heavy atom. The molecule has 0 spiro atoms. The lowest BCUT2D eigenvalue weighted by Crippen LogP contribution is -2.35. The number of amides is 1. The van der Waals surface area contributed by atoms with Crippen LogP contribution in [0, 0.1) is 0 Å². The normalized spacial score (nSPS) is 9.95. The first-order valence-electron chi connectivity index (χ1n) is 6.39. The number of hydrogen-bond acceptors (Lipinski definition) is 4. The van der Waals surface area contributed by atoms with Crippen molar-refractivity contribution in [1.82, 2.24) is 0 Å². The molecule has 0 aromatic heterocycles. The molecule has 0 unspecified atom stereocenters. The fourth-order valence-electron chi connectivity index (χ4n) is 1.80. The van der Waals surface area contributed by atoms with Gasteiger partial charge >= 0.3 is 5.97 Å². The van der Waals surface area contributed by atoms with Gasteiger partial charge in [0.05, 0.1) is 0 Å². The highest BCUT2D eigenvalue weighted by molar-refractivity contribution is 5.96. The van der Waals surface area contributed by atoms with Crippen molar-refractivity contribution >= 4 is 17.6 Å². The second-order valence-corrected chi connectivity index (χ2v) is 4.41. The number of ether oxygens (including phenoxy) is 1. The number of nitrogens with zero attached hydrogens (tertiary/aromatic N) is 1. The lowest BCUT2D eigenvalue weighted by molar-refractivity contribution is -0.134. The molecule has 1 amide bonds. The van der Waals surface area contributed by atoms with Crippen LogP contribution in [0.5, 0.6) is 11.5 Å². The maximum Gasteiger partial charge on any atom is 0.331 e. The number of phenols is 1. The number of anilines is 1. The van der Waals surface area contributed by atoms with Gasteiger partial charge in [-0.3, -0.25) is 4.79 Å². The van der Waals surface area contributed by atoms with E-state index in [1.807, 2.05) is 6.07 Å². The Morgan fingerprint density at radius 1 is 1.05 bits per heavy atom. The zero-order valence-corrected chi connectivity index (χ0v) is 11.5. The van der Waals surface area contributed by atoms with E-state index in [4.69, 9.17) is 9.84 Å². The van der Waals surface area contributed by atoms with Crippen LogP contribution >= 0.6 is 0 Å². The van der Waals surface area contributed by atoms with E-state index in [-0.39, 0.29) is 18.2 Å². The molecule has 2 rings (SSSR count). The Labute approximate surface area is 122 Å². The zero-order valence-electron chi connectivity index (χ0n) is 11.5. The van der Waals surface area contributed by atoms with Crippen LogP contribution < -0.4 is 9.64 Å². The van der Waals surface area contributed by atoms with Gasteiger partial charge in [-0.2, -0.15) is 0 Å². The molecule has 1 N–H and O–H groups in total. The molecule has 108 valence electrons. The molecule has 0 saturated heterocycles. The van der Waals surface area contributed by atoms with Crippen LogP contribution in [-0.4, -0.2) is 23.5 Å². The quantitative estimate of drug-likeness (QED) is 0.691. The van der Waals surface area contributed by atoms with E-state index in [0.717, 1.165) is 0 Å². The molecule has 0 atom stereocenters. The molecule has 0 fully saturated rings. The molecule has 5 nitrogen and oxygen atoms in total. The zero-order chi connectivity index (χ0) is 15.2. The van der Waals surface area contributed by atoms with Crippen LogP contribution in [0.4, 0.5) is 5.69 Å². The highest BCUT2D eigenvalue weighted by atomic mass is 16.5. The fourth-order valence-corrected chi connectivity index (χ4v) is 1.80. The van der Waals surface area contributed by atoms with E-state index in [1.165, 1.54) is 36.1 Å². The summed E-state index contributed by atoms with van der Waals surface area (Å²) < 4.78 is 5.13. The Hall–Kier alpha value is -2.82. The number of phenolic OH excluding ortho intramolecular Hbond substituents is 1. The minimum atomic E-state index is -0.556. The summed E-state index contributed by atoms with van der Waals surface area (Å²) in [5.41, 5.74) is 0.632. The average Bonchev–Trinajstić information content (AvgIpc) is 2.48. The van der Waals surface area contributed by atoms with Crippen LogP contribution in [0.15, 0.2) is 54.6 Å². The number of hydrogen-bond donors (Lipinski definition) is 1. The van der Waals surface area contributed by atoms with Gasteiger partial charge in [0.25, 0.3) is 0 Å². The Balaban J connectivity index is 2.05. The highest BCUT2D eigenvalue weighted by Gasteiger charge is 2.16. The number of carbonyl (C=O) groups excluding carboxylic acids is 2. The monoisotopic (exact) mass is 285 g/mol. The van der Waals surface area contributed by atoms with Crippen molar-refractivity contribution in [3.63, 3.8) is 0 Å². The number of carbonyl (C=O) groups is 2. The van der Waals surface area contributed by atoms with E-state index in [9.17, 15) is 9.59 Å². The van der Waals surface area contributed by atoms with Crippen LogP contribution in [0.3, 0.4) is 0 Å². The average molecular weight is 285 g/mol. The van der Waals surface area contributed by atoms with Crippen molar-refractivity contribution in [2.45, 2.75) is 6.92 Å². The standard InChI is InChI=1S/C16H15NO4/c1-12(18)17(13-5-3-2-4-6-13)11-16(20)21-15-9-7-14(19)8-10-15/h2-10,19H,11H2,1H3. The third-order valence-corrected chi connectivity index (χ3v) is 2.80. The van der Waals surface area contributed by atoms with Crippen LogP contribution in [0.25, 0.3) is 0 Å². The molecule has 5 heteroatoms. The lowest BCUT2D eigenvalue weighted by atomic mass is 10.3. The molecule has 0 saturated carbocycles. The van der Waals surface area contributed by atoms with Gasteiger partial charge in [0.1, 0.15) is 18.0 Å². The predicted octanol–water partition coefficient (Wildman–Crippen LogP) is 2.35. The topological polar surface area (TPSA) is 66.8 Å². The third kappa shape index (κ3) is 4.07. The highest BCUT2D eigenvalue weighted by Crippen LogP contribution is 2.17. The van der Waals surface area contributed by atoms with Gasteiger partial charge in [-0.1, -0.05) is 18.2 Å². The minimum Gasteiger partial charge on any atom is -0.508 e. The molecule has 2 aromatic carbocycles. The maximum atomic E-state index is 11.9. The number of para-hydroxylation sites is 1. The number of benzene rings is 2. The van der Waals surface area contributed by atoms with Gasteiger partial charge in [0, 0.05) is 12.6 Å². The van der Waals surface area contributed by atoms with Gasteiger partial charge in [0.2, 0.25) is 5.91 Å². The third-order valence-electron chi connectivity index (χ3n) is 2.80. The smallest absolute Gasteiger partial charge is 0.331 e. The van der Waals surface area contributed by atoms with E-state index in [0.29, 0.717) is 11.4 Å². The molecular weight excluding hydrogens is 270 g/mol. The van der Waals surface area contributed by atoms with Crippen molar-refractivity contribution in [2.24, 2.45) is 0 Å². The van der Waals surface area contributed by atoms with Gasteiger partial charge in [-0.15, -0.1) is 0 Å². The number of rotatable bonds is 4. The summed E-state index contributed by atoms with van der Waals surface area (Å²) in [6.45, 7) is 1.21. The second-order valence-electron chi connectivity index (χ2n) is 4.41. The lowest BCUT2D eigenvalue weighted by Gasteiger charge is -2.20. The van der Waals surface area contributed by atoms with Crippen molar-refractivity contribution < 1.29 is 19.4 Å². The molecule has 0 aliphatic heterocycles. The molecule has 21 heavy (non-hydrogen) atoms. The number of aromatic hydroxyl groups is 1. The molecule has 0 bridgehead atoms. The summed E-state index contributed by atoms with van der Waals surface area (Å²) in [5.74, 6) is -0.401. The van der Waals surface area contributed by atoms with Crippen molar-refractivity contribution in [1.29, 1.82) is 0 Å². The maximum absolute atomic E-state index is 11.9. The van der Waals surface area contributed by atoms with Gasteiger partial charge < -0.3 is 14.7 Å². The van der Waals surface area contributed by atoms with E-state index < -0.39 is 5.97 Å². The first kappa shape index (κ1) is 14.6. The summed E-state index contributed by atoms with van der Waals surface area (Å²) in [6, 6.07) is 14.7. The molecule has 2 aromatic rings. The fraction of sp³-hybridized carbons (Fsp3) is 0.125. The molecule has 0 aliphatic carbocycles. The van der Waals surface area contributed by atoms with Crippen LogP contribution in [0.2, 0.25) is 0 Å². The summed E-state index contributed by atoms with van der Waals surface area (Å²) in [6.07, 6.45) is 0. The second kappa shape index (κ2) is 6.56. The van der Waals surface area contributed by atoms with Crippen LogP contribution in [-0.2, 0) is 9.59 Å². The summed E-state index contributed by atoms with van der Waals surface area (Å²) in [7, 11) is 0. The summed E-state index contributed by atoms with van der Waals surface area (Å²) in [5, 5.41) is 9.16. The Bertz CT molecular complexity index is 622. The van der Waals surface area contributed by atoms with Gasteiger partial charge in [0.15, 0.2) is 0 Å². The van der Waals surface area contributed by atoms with E-state index in [1.54, 1.807) is 24.3 Å². The van der Waals surface area contributed by atoms with E-state index in [2.05, 4.69) is 0 Å². The molecule has 0 radical (unpaired) electrons. The van der Waals surface area contributed by atoms with Crippen LogP contribution in [0.1, 0.15) is 6.92 Å². The number of esters is 1. The largest absolute Gasteiger partial charge is 0.508 e. The molecule has 0 aliphatic rings. The summed E-state index contributed by atoms with van der Waals surface area (Å²) >= 11 is 0. The first-order chi connectivity index (χ1) is 10.1. The van der Waals surface area contributed by atoms with E-state index >= 15 is 0 Å². The predicted molar refractivity (Wildman–Crippen MR) is 78.2 cm³/mol. The Morgan fingerprint density at radius 3 is 2.24 bits per heavy atom. The minimum absolute atomic E-state index is 0.0875. The Kier molecular flexibility index (Phi) is 4.56. The van der Waals surface area contributed by atoms with Crippen molar-refractivity contribution in [2.75, 3.05) is 11.4 Å².